The average Bonchev–Trinajstić information content (AvgIpc) is 2.70. The fourth-order valence-electron chi connectivity index (χ4n) is 2.54. The summed E-state index contributed by atoms with van der Waals surface area (Å²) in [4.78, 5) is 11.8. The Morgan fingerprint density at radius 1 is 1.40 bits per heavy atom. The van der Waals surface area contributed by atoms with E-state index >= 15 is 0 Å². The summed E-state index contributed by atoms with van der Waals surface area (Å²) in [5.41, 5.74) is 0.322. The number of amides is 1. The van der Waals surface area contributed by atoms with Gasteiger partial charge < -0.3 is 10.1 Å². The second-order valence-electron chi connectivity index (χ2n) is 6.04. The zero-order valence-corrected chi connectivity index (χ0v) is 13.2. The Hall–Kier alpha value is -0.930. The highest BCUT2D eigenvalue weighted by atomic mass is 35.5. The Bertz CT molecular complexity index is 503. The van der Waals surface area contributed by atoms with Gasteiger partial charge in [0.25, 0.3) is 5.91 Å². The van der Waals surface area contributed by atoms with Crippen LogP contribution < -0.4 is 10.1 Å². The molecule has 0 aliphatic heterocycles. The van der Waals surface area contributed by atoms with Crippen molar-refractivity contribution in [3.8, 4) is 5.75 Å². The van der Waals surface area contributed by atoms with Crippen LogP contribution in [0.1, 0.15) is 33.1 Å². The van der Waals surface area contributed by atoms with Crippen molar-refractivity contribution in [1.29, 1.82) is 0 Å². The summed E-state index contributed by atoms with van der Waals surface area (Å²) in [5, 5.41) is 3.90. The Morgan fingerprint density at radius 2 is 2.15 bits per heavy atom. The highest BCUT2D eigenvalue weighted by molar-refractivity contribution is 6.42. The molecule has 1 fully saturated rings. The Balaban J connectivity index is 1.79. The first-order chi connectivity index (χ1) is 9.35. The van der Waals surface area contributed by atoms with Gasteiger partial charge in [-0.05, 0) is 36.8 Å². The number of halogens is 2. The first kappa shape index (κ1) is 15.5. The Kier molecular flexibility index (Phi) is 4.82. The van der Waals surface area contributed by atoms with Crippen molar-refractivity contribution in [3.63, 3.8) is 0 Å². The predicted octanol–water partition coefficient (Wildman–Crippen LogP) is 4.07. The maximum atomic E-state index is 11.8. The first-order valence-electron chi connectivity index (χ1n) is 6.73. The van der Waals surface area contributed by atoms with E-state index < -0.39 is 0 Å². The summed E-state index contributed by atoms with van der Waals surface area (Å²) < 4.78 is 5.41. The van der Waals surface area contributed by atoms with E-state index in [2.05, 4.69) is 19.2 Å². The van der Waals surface area contributed by atoms with Crippen LogP contribution in [-0.4, -0.2) is 18.6 Å². The Labute approximate surface area is 129 Å². The van der Waals surface area contributed by atoms with E-state index in [-0.39, 0.29) is 18.6 Å². The minimum atomic E-state index is -0.0984. The SMILES string of the molecule is CC1(C)CCC(NC(=O)COc2ccc(Cl)c(Cl)c2)C1. The molecule has 0 heterocycles. The third-order valence-electron chi connectivity index (χ3n) is 3.59. The molecule has 20 heavy (non-hydrogen) atoms. The molecule has 1 aromatic carbocycles. The van der Waals surface area contributed by atoms with Gasteiger partial charge in [-0.15, -0.1) is 0 Å². The van der Waals surface area contributed by atoms with E-state index in [1.165, 1.54) is 0 Å². The summed E-state index contributed by atoms with van der Waals surface area (Å²) in [6.45, 7) is 4.45. The molecule has 0 aromatic heterocycles. The van der Waals surface area contributed by atoms with E-state index in [1.807, 2.05) is 0 Å². The maximum absolute atomic E-state index is 11.8. The molecule has 1 aliphatic rings. The van der Waals surface area contributed by atoms with E-state index in [0.717, 1.165) is 19.3 Å². The van der Waals surface area contributed by atoms with Crippen LogP contribution in [0.2, 0.25) is 10.0 Å². The average molecular weight is 316 g/mol. The molecule has 1 unspecified atom stereocenters. The second-order valence-corrected chi connectivity index (χ2v) is 6.85. The molecule has 0 bridgehead atoms. The van der Waals surface area contributed by atoms with Gasteiger partial charge in [-0.2, -0.15) is 0 Å². The maximum Gasteiger partial charge on any atom is 0.258 e. The van der Waals surface area contributed by atoms with Crippen LogP contribution in [0, 0.1) is 5.41 Å². The van der Waals surface area contributed by atoms with Crippen molar-refractivity contribution in [2.24, 2.45) is 5.41 Å². The molecule has 110 valence electrons. The van der Waals surface area contributed by atoms with Gasteiger partial charge in [0.1, 0.15) is 5.75 Å². The van der Waals surface area contributed by atoms with E-state index in [1.54, 1.807) is 18.2 Å². The summed E-state index contributed by atoms with van der Waals surface area (Å²) in [6.07, 6.45) is 3.20. The molecule has 1 aromatic rings. The minimum Gasteiger partial charge on any atom is -0.484 e. The fourth-order valence-corrected chi connectivity index (χ4v) is 2.83. The second kappa shape index (κ2) is 6.23. The zero-order chi connectivity index (χ0) is 14.8. The minimum absolute atomic E-state index is 0.00507. The fraction of sp³-hybridized carbons (Fsp3) is 0.533. The third kappa shape index (κ3) is 4.29. The number of hydrogen-bond acceptors (Lipinski definition) is 2. The molecule has 5 heteroatoms. The van der Waals surface area contributed by atoms with Gasteiger partial charge in [0.05, 0.1) is 10.0 Å². The van der Waals surface area contributed by atoms with Crippen LogP contribution in [0.3, 0.4) is 0 Å². The summed E-state index contributed by atoms with van der Waals surface area (Å²) in [6, 6.07) is 5.21. The molecule has 1 N–H and O–H groups in total. The lowest BCUT2D eigenvalue weighted by Crippen LogP contribution is -2.36. The smallest absolute Gasteiger partial charge is 0.258 e. The summed E-state index contributed by atoms with van der Waals surface area (Å²) >= 11 is 11.7. The van der Waals surface area contributed by atoms with Crippen molar-refractivity contribution in [2.45, 2.75) is 39.2 Å². The number of carbonyl (C=O) groups is 1. The molecule has 1 aliphatic carbocycles. The molecule has 0 radical (unpaired) electrons. The monoisotopic (exact) mass is 315 g/mol. The van der Waals surface area contributed by atoms with Gasteiger partial charge in [0.15, 0.2) is 6.61 Å². The number of ether oxygens (including phenoxy) is 1. The van der Waals surface area contributed by atoms with Gasteiger partial charge in [-0.1, -0.05) is 37.0 Å². The highest BCUT2D eigenvalue weighted by Gasteiger charge is 2.31. The molecular formula is C15H19Cl2NO2. The largest absolute Gasteiger partial charge is 0.484 e. The standard InChI is InChI=1S/C15H19Cl2NO2/c1-15(2)6-5-10(8-15)18-14(19)9-20-11-3-4-12(16)13(17)7-11/h3-4,7,10H,5-6,8-9H2,1-2H3,(H,18,19). The van der Waals surface area contributed by atoms with Crippen LogP contribution in [-0.2, 0) is 4.79 Å². The first-order valence-corrected chi connectivity index (χ1v) is 7.48. The molecule has 0 spiro atoms. The van der Waals surface area contributed by atoms with Crippen LogP contribution in [0.25, 0.3) is 0 Å². The number of benzene rings is 1. The number of hydrogen-bond donors (Lipinski definition) is 1. The van der Waals surface area contributed by atoms with Crippen molar-refractivity contribution >= 4 is 29.1 Å². The lowest BCUT2D eigenvalue weighted by Gasteiger charge is -2.18. The van der Waals surface area contributed by atoms with Gasteiger partial charge >= 0.3 is 0 Å². The molecule has 2 rings (SSSR count). The summed E-state index contributed by atoms with van der Waals surface area (Å²) in [7, 11) is 0. The van der Waals surface area contributed by atoms with E-state index in [9.17, 15) is 4.79 Å². The van der Waals surface area contributed by atoms with Crippen LogP contribution >= 0.6 is 23.2 Å². The number of carbonyl (C=O) groups excluding carboxylic acids is 1. The van der Waals surface area contributed by atoms with Gasteiger partial charge in [-0.25, -0.2) is 0 Å². The van der Waals surface area contributed by atoms with Gasteiger partial charge in [-0.3, -0.25) is 4.79 Å². The predicted molar refractivity (Wildman–Crippen MR) is 81.5 cm³/mol. The van der Waals surface area contributed by atoms with Crippen LogP contribution in [0.4, 0.5) is 0 Å². The van der Waals surface area contributed by atoms with E-state index in [4.69, 9.17) is 27.9 Å². The Morgan fingerprint density at radius 3 is 2.75 bits per heavy atom. The van der Waals surface area contributed by atoms with Crippen molar-refractivity contribution in [2.75, 3.05) is 6.61 Å². The molecule has 1 saturated carbocycles. The lowest BCUT2D eigenvalue weighted by molar-refractivity contribution is -0.123. The number of rotatable bonds is 4. The topological polar surface area (TPSA) is 38.3 Å². The van der Waals surface area contributed by atoms with Gasteiger partial charge in [0.2, 0.25) is 0 Å². The molecule has 3 nitrogen and oxygen atoms in total. The number of nitrogens with one attached hydrogen (secondary N) is 1. The molecule has 1 amide bonds. The van der Waals surface area contributed by atoms with Crippen LogP contribution in [0.15, 0.2) is 18.2 Å². The highest BCUT2D eigenvalue weighted by Crippen LogP contribution is 2.36. The van der Waals surface area contributed by atoms with Crippen molar-refractivity contribution < 1.29 is 9.53 Å². The van der Waals surface area contributed by atoms with E-state index in [0.29, 0.717) is 21.2 Å². The molecule has 1 atom stereocenters. The summed E-state index contributed by atoms with van der Waals surface area (Å²) in [5.74, 6) is 0.445. The van der Waals surface area contributed by atoms with Crippen LogP contribution in [0.5, 0.6) is 5.75 Å². The molecule has 0 saturated heterocycles. The lowest BCUT2D eigenvalue weighted by atomic mass is 9.92. The normalized spacial score (nSPS) is 20.7. The molecular weight excluding hydrogens is 297 g/mol. The van der Waals surface area contributed by atoms with Gasteiger partial charge in [0, 0.05) is 12.1 Å². The third-order valence-corrected chi connectivity index (χ3v) is 4.33. The van der Waals surface area contributed by atoms with Crippen molar-refractivity contribution in [3.05, 3.63) is 28.2 Å². The zero-order valence-electron chi connectivity index (χ0n) is 11.7. The van der Waals surface area contributed by atoms with Crippen molar-refractivity contribution in [1.82, 2.24) is 5.32 Å². The quantitative estimate of drug-likeness (QED) is 0.909.